The molecule has 0 aromatic carbocycles. The van der Waals surface area contributed by atoms with Crippen molar-refractivity contribution in [2.75, 3.05) is 13.1 Å². The first kappa shape index (κ1) is 17.0. The molecule has 1 heterocycles. The molecule has 21 heavy (non-hydrogen) atoms. The van der Waals surface area contributed by atoms with Gasteiger partial charge in [0.2, 0.25) is 5.91 Å². The van der Waals surface area contributed by atoms with E-state index in [1.807, 2.05) is 0 Å². The average Bonchev–Trinajstić information content (AvgIpc) is 2.82. The van der Waals surface area contributed by atoms with Crippen LogP contribution in [0.15, 0.2) is 16.5 Å². The van der Waals surface area contributed by atoms with Crippen molar-refractivity contribution in [1.82, 2.24) is 4.90 Å². The summed E-state index contributed by atoms with van der Waals surface area (Å²) in [6.45, 7) is -1.32. The van der Waals surface area contributed by atoms with Crippen LogP contribution in [-0.2, 0) is 15.3 Å². The number of primary amides is 1. The third-order valence-electron chi connectivity index (χ3n) is 2.18. The molecule has 0 bridgehead atoms. The quantitative estimate of drug-likeness (QED) is 0.730. The van der Waals surface area contributed by atoms with Crippen molar-refractivity contribution in [3.8, 4) is 0 Å². The number of carboxylic acids is 1. The van der Waals surface area contributed by atoms with Gasteiger partial charge in [-0.2, -0.15) is 8.78 Å². The number of nitrogens with zero attached hydrogens (tertiary/aromatic N) is 1. The van der Waals surface area contributed by atoms with E-state index in [9.17, 15) is 23.2 Å². The van der Waals surface area contributed by atoms with Gasteiger partial charge in [0.05, 0.1) is 5.75 Å². The SMILES string of the molecule is NC(=O)CN(CC(=O)O)C(=O)c1ccc(CSC(F)F)o1. The first-order valence-electron chi connectivity index (χ1n) is 5.57. The predicted octanol–water partition coefficient (Wildman–Crippen LogP) is 0.748. The van der Waals surface area contributed by atoms with E-state index in [-0.39, 0.29) is 17.3 Å². The number of rotatable bonds is 8. The number of alkyl halides is 2. The van der Waals surface area contributed by atoms with Crippen LogP contribution in [-0.4, -0.2) is 46.6 Å². The maximum atomic E-state index is 12.0. The first-order valence-corrected chi connectivity index (χ1v) is 6.62. The van der Waals surface area contributed by atoms with E-state index in [4.69, 9.17) is 15.3 Å². The third kappa shape index (κ3) is 5.81. The topological polar surface area (TPSA) is 114 Å². The van der Waals surface area contributed by atoms with Gasteiger partial charge in [-0.3, -0.25) is 14.4 Å². The van der Waals surface area contributed by atoms with Crippen LogP contribution < -0.4 is 5.73 Å². The molecule has 0 fully saturated rings. The minimum absolute atomic E-state index is 0.137. The molecule has 7 nitrogen and oxygen atoms in total. The fourth-order valence-electron chi connectivity index (χ4n) is 1.42. The van der Waals surface area contributed by atoms with Crippen molar-refractivity contribution < 1.29 is 32.7 Å². The smallest absolute Gasteiger partial charge is 0.323 e. The average molecular weight is 322 g/mol. The Morgan fingerprint density at radius 3 is 2.52 bits per heavy atom. The summed E-state index contributed by atoms with van der Waals surface area (Å²) in [6, 6.07) is 2.55. The Bertz CT molecular complexity index is 518. The molecule has 2 amide bonds. The summed E-state index contributed by atoms with van der Waals surface area (Å²) >= 11 is 0.319. The Kier molecular flexibility index (Phi) is 6.15. The van der Waals surface area contributed by atoms with E-state index in [1.165, 1.54) is 12.1 Å². The molecule has 0 saturated heterocycles. The molecule has 1 rings (SSSR count). The summed E-state index contributed by atoms with van der Waals surface area (Å²) in [5.41, 5.74) is 4.93. The van der Waals surface area contributed by atoms with Crippen molar-refractivity contribution in [3.05, 3.63) is 23.7 Å². The molecule has 0 aliphatic rings. The van der Waals surface area contributed by atoms with Crippen LogP contribution in [0.3, 0.4) is 0 Å². The number of aliphatic carboxylic acids is 1. The normalized spacial score (nSPS) is 10.6. The maximum Gasteiger partial charge on any atom is 0.323 e. The molecule has 0 aliphatic carbocycles. The van der Waals surface area contributed by atoms with Crippen molar-refractivity contribution in [3.63, 3.8) is 0 Å². The second-order valence-electron chi connectivity index (χ2n) is 3.86. The predicted molar refractivity (Wildman–Crippen MR) is 68.7 cm³/mol. The van der Waals surface area contributed by atoms with E-state index in [0.29, 0.717) is 16.7 Å². The number of nitrogens with two attached hydrogens (primary N) is 1. The minimum Gasteiger partial charge on any atom is -0.480 e. The van der Waals surface area contributed by atoms with Crippen LogP contribution in [0.5, 0.6) is 0 Å². The number of amides is 2. The minimum atomic E-state index is -2.58. The Balaban J connectivity index is 2.78. The van der Waals surface area contributed by atoms with Crippen LogP contribution in [0.1, 0.15) is 16.3 Å². The molecular weight excluding hydrogens is 310 g/mol. The highest BCUT2D eigenvalue weighted by Gasteiger charge is 2.23. The van der Waals surface area contributed by atoms with E-state index >= 15 is 0 Å². The molecular formula is C11H12F2N2O5S. The van der Waals surface area contributed by atoms with Gasteiger partial charge >= 0.3 is 5.97 Å². The van der Waals surface area contributed by atoms with Crippen molar-refractivity contribution in [2.24, 2.45) is 5.73 Å². The van der Waals surface area contributed by atoms with Crippen molar-refractivity contribution >= 4 is 29.5 Å². The molecule has 1 aromatic rings. The van der Waals surface area contributed by atoms with Gasteiger partial charge in [0, 0.05) is 0 Å². The number of carbonyl (C=O) groups is 3. The molecule has 0 saturated carbocycles. The van der Waals surface area contributed by atoms with Crippen LogP contribution >= 0.6 is 11.8 Å². The van der Waals surface area contributed by atoms with Crippen molar-refractivity contribution in [1.29, 1.82) is 0 Å². The summed E-state index contributed by atoms with van der Waals surface area (Å²) in [5, 5.41) is 8.68. The summed E-state index contributed by atoms with van der Waals surface area (Å²) in [6.07, 6.45) is 0. The number of halogens is 2. The third-order valence-corrected chi connectivity index (χ3v) is 2.89. The molecule has 0 spiro atoms. The Morgan fingerprint density at radius 1 is 1.33 bits per heavy atom. The van der Waals surface area contributed by atoms with E-state index < -0.39 is 36.6 Å². The van der Waals surface area contributed by atoms with E-state index in [2.05, 4.69) is 0 Å². The lowest BCUT2D eigenvalue weighted by atomic mass is 10.3. The monoisotopic (exact) mass is 322 g/mol. The lowest BCUT2D eigenvalue weighted by Gasteiger charge is -2.17. The number of hydrogen-bond acceptors (Lipinski definition) is 5. The zero-order chi connectivity index (χ0) is 16.0. The Labute approximate surface area is 122 Å². The lowest BCUT2D eigenvalue weighted by Crippen LogP contribution is -2.41. The fraction of sp³-hybridized carbons (Fsp3) is 0.364. The zero-order valence-electron chi connectivity index (χ0n) is 10.6. The largest absolute Gasteiger partial charge is 0.480 e. The first-order chi connectivity index (χ1) is 9.79. The van der Waals surface area contributed by atoms with Gasteiger partial charge in [0.15, 0.2) is 5.76 Å². The van der Waals surface area contributed by atoms with Gasteiger partial charge < -0.3 is 20.2 Å². The molecule has 0 atom stereocenters. The second-order valence-corrected chi connectivity index (χ2v) is 4.84. The summed E-state index contributed by atoms with van der Waals surface area (Å²) in [4.78, 5) is 34.1. The van der Waals surface area contributed by atoms with Crippen LogP contribution in [0.25, 0.3) is 0 Å². The molecule has 3 N–H and O–H groups in total. The number of carboxylic acid groups (broad SMARTS) is 1. The zero-order valence-corrected chi connectivity index (χ0v) is 11.4. The molecule has 0 radical (unpaired) electrons. The number of furan rings is 1. The molecule has 0 unspecified atom stereocenters. The Morgan fingerprint density at radius 2 is 2.00 bits per heavy atom. The molecule has 1 aromatic heterocycles. The van der Waals surface area contributed by atoms with Crippen molar-refractivity contribution in [2.45, 2.75) is 11.5 Å². The van der Waals surface area contributed by atoms with Gasteiger partial charge in [0.1, 0.15) is 18.8 Å². The van der Waals surface area contributed by atoms with Crippen LogP contribution in [0.2, 0.25) is 0 Å². The van der Waals surface area contributed by atoms with E-state index in [1.54, 1.807) is 0 Å². The van der Waals surface area contributed by atoms with E-state index in [0.717, 1.165) is 0 Å². The number of carbonyl (C=O) groups excluding carboxylic acids is 2. The highest BCUT2D eigenvalue weighted by Crippen LogP contribution is 2.21. The van der Waals surface area contributed by atoms with Gasteiger partial charge in [-0.05, 0) is 12.1 Å². The van der Waals surface area contributed by atoms with Crippen LogP contribution in [0.4, 0.5) is 8.78 Å². The maximum absolute atomic E-state index is 12.0. The van der Waals surface area contributed by atoms with Gasteiger partial charge in [-0.1, -0.05) is 11.8 Å². The van der Waals surface area contributed by atoms with Crippen LogP contribution in [0, 0.1) is 0 Å². The highest BCUT2D eigenvalue weighted by molar-refractivity contribution is 7.98. The van der Waals surface area contributed by atoms with Gasteiger partial charge in [0.25, 0.3) is 11.7 Å². The summed E-state index contributed by atoms with van der Waals surface area (Å²) in [7, 11) is 0. The fourth-order valence-corrected chi connectivity index (χ4v) is 1.87. The van der Waals surface area contributed by atoms with Gasteiger partial charge in [-0.15, -0.1) is 0 Å². The summed E-state index contributed by atoms with van der Waals surface area (Å²) in [5.74, 6) is -5.90. The highest BCUT2D eigenvalue weighted by atomic mass is 32.2. The number of thioether (sulfide) groups is 1. The Hall–Kier alpha value is -2.10. The molecule has 10 heteroatoms. The summed E-state index contributed by atoms with van der Waals surface area (Å²) < 4.78 is 29.1. The van der Waals surface area contributed by atoms with Gasteiger partial charge in [-0.25, -0.2) is 0 Å². The second kappa shape index (κ2) is 7.62. The number of hydrogen-bond donors (Lipinski definition) is 2. The molecule has 0 aliphatic heterocycles. The lowest BCUT2D eigenvalue weighted by molar-refractivity contribution is -0.138. The standard InChI is InChI=1S/C11H12F2N2O5S/c12-11(13)21-5-6-1-2-7(20-6)10(19)15(3-8(14)16)4-9(17)18/h1-2,11H,3-5H2,(H2,14,16)(H,17,18). The molecule has 116 valence electrons.